The molecule has 0 amide bonds. The SMILES string of the molecule is CC(C)Oc1nc(C(C)C)nc(OC(C)C)c1C=O. The second kappa shape index (κ2) is 6.50. The molecule has 5 nitrogen and oxygen atoms in total. The van der Waals surface area contributed by atoms with Crippen LogP contribution in [-0.2, 0) is 0 Å². The standard InChI is InChI=1S/C14H22N2O3/c1-8(2)12-15-13(18-9(3)4)11(7-17)14(16-12)19-10(5)6/h7-10H,1-6H3. The van der Waals surface area contributed by atoms with Gasteiger partial charge >= 0.3 is 0 Å². The van der Waals surface area contributed by atoms with E-state index in [1.165, 1.54) is 0 Å². The average molecular weight is 266 g/mol. The van der Waals surface area contributed by atoms with E-state index in [1.807, 2.05) is 41.5 Å². The molecule has 0 aliphatic carbocycles. The van der Waals surface area contributed by atoms with Crippen molar-refractivity contribution in [1.82, 2.24) is 9.97 Å². The minimum Gasteiger partial charge on any atom is -0.474 e. The molecule has 19 heavy (non-hydrogen) atoms. The molecule has 5 heteroatoms. The van der Waals surface area contributed by atoms with Gasteiger partial charge in [0.25, 0.3) is 0 Å². The summed E-state index contributed by atoms with van der Waals surface area (Å²) < 4.78 is 11.2. The highest BCUT2D eigenvalue weighted by atomic mass is 16.5. The summed E-state index contributed by atoms with van der Waals surface area (Å²) in [6, 6.07) is 0. The molecule has 0 bridgehead atoms. The van der Waals surface area contributed by atoms with Crippen LogP contribution in [0.15, 0.2) is 0 Å². The molecule has 0 saturated carbocycles. The summed E-state index contributed by atoms with van der Waals surface area (Å²) in [5, 5.41) is 0. The predicted molar refractivity (Wildman–Crippen MR) is 73.0 cm³/mol. The molecule has 0 unspecified atom stereocenters. The normalized spacial score (nSPS) is 11.2. The van der Waals surface area contributed by atoms with Gasteiger partial charge < -0.3 is 9.47 Å². The van der Waals surface area contributed by atoms with E-state index < -0.39 is 0 Å². The summed E-state index contributed by atoms with van der Waals surface area (Å²) in [5.41, 5.74) is 0.270. The molecule has 0 fully saturated rings. The maximum absolute atomic E-state index is 11.3. The fourth-order valence-corrected chi connectivity index (χ4v) is 1.43. The Bertz CT molecular complexity index is 411. The molecule has 0 saturated heterocycles. The lowest BCUT2D eigenvalue weighted by molar-refractivity contribution is 0.110. The number of carbonyl (C=O) groups is 1. The van der Waals surface area contributed by atoms with E-state index in [4.69, 9.17) is 9.47 Å². The number of nitrogens with zero attached hydrogens (tertiary/aromatic N) is 2. The zero-order valence-electron chi connectivity index (χ0n) is 12.4. The van der Waals surface area contributed by atoms with Crippen molar-refractivity contribution in [1.29, 1.82) is 0 Å². The van der Waals surface area contributed by atoms with Gasteiger partial charge in [-0.25, -0.2) is 0 Å². The minimum atomic E-state index is -0.0690. The highest BCUT2D eigenvalue weighted by Crippen LogP contribution is 2.27. The predicted octanol–water partition coefficient (Wildman–Crippen LogP) is 2.99. The molecule has 106 valence electrons. The molecular weight excluding hydrogens is 244 g/mol. The zero-order valence-corrected chi connectivity index (χ0v) is 12.4. The first-order valence-electron chi connectivity index (χ1n) is 6.55. The highest BCUT2D eigenvalue weighted by Gasteiger charge is 2.19. The minimum absolute atomic E-state index is 0.0690. The van der Waals surface area contributed by atoms with Crippen LogP contribution in [-0.4, -0.2) is 28.5 Å². The van der Waals surface area contributed by atoms with Crippen LogP contribution >= 0.6 is 0 Å². The van der Waals surface area contributed by atoms with E-state index in [2.05, 4.69) is 9.97 Å². The summed E-state index contributed by atoms with van der Waals surface area (Å²) in [6.45, 7) is 11.5. The third kappa shape index (κ3) is 4.19. The van der Waals surface area contributed by atoms with Gasteiger partial charge in [0.2, 0.25) is 11.8 Å². The van der Waals surface area contributed by atoms with E-state index in [1.54, 1.807) is 0 Å². The average Bonchev–Trinajstić information content (AvgIpc) is 2.26. The number of carbonyl (C=O) groups excluding carboxylic acids is 1. The van der Waals surface area contributed by atoms with Crippen LogP contribution in [0.2, 0.25) is 0 Å². The van der Waals surface area contributed by atoms with E-state index >= 15 is 0 Å². The second-order valence-corrected chi connectivity index (χ2v) is 5.21. The fraction of sp³-hybridized carbons (Fsp3) is 0.643. The van der Waals surface area contributed by atoms with Crippen molar-refractivity contribution in [2.45, 2.75) is 59.7 Å². The Kier molecular flexibility index (Phi) is 5.27. The molecule has 0 aliphatic heterocycles. The Labute approximate surface area is 114 Å². The van der Waals surface area contributed by atoms with Gasteiger partial charge in [-0.1, -0.05) is 13.8 Å². The van der Waals surface area contributed by atoms with Crippen molar-refractivity contribution in [3.63, 3.8) is 0 Å². The van der Waals surface area contributed by atoms with Crippen molar-refractivity contribution in [3.8, 4) is 11.8 Å². The smallest absolute Gasteiger partial charge is 0.231 e. The van der Waals surface area contributed by atoms with E-state index in [9.17, 15) is 4.79 Å². The summed E-state index contributed by atoms with van der Waals surface area (Å²) in [6.07, 6.45) is 0.542. The molecule has 1 aromatic heterocycles. The number of rotatable bonds is 6. The van der Waals surface area contributed by atoms with E-state index in [-0.39, 0.29) is 23.7 Å². The number of hydrogen-bond donors (Lipinski definition) is 0. The Balaban J connectivity index is 3.33. The van der Waals surface area contributed by atoms with Crippen molar-refractivity contribution in [2.24, 2.45) is 0 Å². The number of aldehydes is 1. The molecule has 1 aromatic rings. The van der Waals surface area contributed by atoms with Crippen LogP contribution in [0.4, 0.5) is 0 Å². The van der Waals surface area contributed by atoms with Gasteiger partial charge in [-0.3, -0.25) is 4.79 Å². The van der Waals surface area contributed by atoms with Gasteiger partial charge in [0.05, 0.1) is 12.2 Å². The first-order chi connectivity index (χ1) is 8.85. The molecule has 0 spiro atoms. The summed E-state index contributed by atoms with van der Waals surface area (Å²) >= 11 is 0. The van der Waals surface area contributed by atoms with Gasteiger partial charge in [-0.15, -0.1) is 0 Å². The maximum atomic E-state index is 11.3. The molecular formula is C14H22N2O3. The Hall–Kier alpha value is -1.65. The molecule has 1 rings (SSSR count). The number of hydrogen-bond acceptors (Lipinski definition) is 5. The Morgan fingerprint density at radius 2 is 1.32 bits per heavy atom. The van der Waals surface area contributed by atoms with Gasteiger partial charge in [0.1, 0.15) is 11.4 Å². The first-order valence-corrected chi connectivity index (χ1v) is 6.55. The molecule has 0 radical (unpaired) electrons. The van der Waals surface area contributed by atoms with Crippen molar-refractivity contribution in [3.05, 3.63) is 11.4 Å². The third-order valence-electron chi connectivity index (χ3n) is 2.22. The lowest BCUT2D eigenvalue weighted by Crippen LogP contribution is -2.15. The molecule has 0 atom stereocenters. The largest absolute Gasteiger partial charge is 0.474 e. The van der Waals surface area contributed by atoms with Gasteiger partial charge in [0.15, 0.2) is 6.29 Å². The van der Waals surface area contributed by atoms with Crippen LogP contribution < -0.4 is 9.47 Å². The lowest BCUT2D eigenvalue weighted by atomic mass is 10.2. The van der Waals surface area contributed by atoms with Crippen LogP contribution in [0.1, 0.15) is 63.6 Å². The lowest BCUT2D eigenvalue weighted by Gasteiger charge is -2.17. The Morgan fingerprint density at radius 3 is 1.58 bits per heavy atom. The number of aromatic nitrogens is 2. The topological polar surface area (TPSA) is 61.3 Å². The van der Waals surface area contributed by atoms with Crippen LogP contribution in [0, 0.1) is 0 Å². The molecule has 0 aliphatic rings. The summed E-state index contributed by atoms with van der Waals surface area (Å²) in [5.74, 6) is 1.32. The summed E-state index contributed by atoms with van der Waals surface area (Å²) in [4.78, 5) is 19.9. The zero-order chi connectivity index (χ0) is 14.6. The van der Waals surface area contributed by atoms with E-state index in [0.717, 1.165) is 0 Å². The van der Waals surface area contributed by atoms with Gasteiger partial charge in [-0.2, -0.15) is 9.97 Å². The number of ether oxygens (including phenoxy) is 2. The van der Waals surface area contributed by atoms with Crippen LogP contribution in [0.25, 0.3) is 0 Å². The van der Waals surface area contributed by atoms with Gasteiger partial charge in [-0.05, 0) is 27.7 Å². The van der Waals surface area contributed by atoms with Gasteiger partial charge in [0, 0.05) is 5.92 Å². The molecule has 0 aromatic carbocycles. The van der Waals surface area contributed by atoms with E-state index in [0.29, 0.717) is 23.9 Å². The van der Waals surface area contributed by atoms with Crippen molar-refractivity contribution in [2.75, 3.05) is 0 Å². The second-order valence-electron chi connectivity index (χ2n) is 5.21. The maximum Gasteiger partial charge on any atom is 0.231 e. The van der Waals surface area contributed by atoms with Crippen LogP contribution in [0.3, 0.4) is 0 Å². The molecule has 1 heterocycles. The quantitative estimate of drug-likeness (QED) is 0.741. The Morgan fingerprint density at radius 1 is 0.895 bits per heavy atom. The van der Waals surface area contributed by atoms with Crippen LogP contribution in [0.5, 0.6) is 11.8 Å². The monoisotopic (exact) mass is 266 g/mol. The summed E-state index contributed by atoms with van der Waals surface area (Å²) in [7, 11) is 0. The molecule has 0 N–H and O–H groups in total. The fourth-order valence-electron chi connectivity index (χ4n) is 1.43. The highest BCUT2D eigenvalue weighted by molar-refractivity contribution is 5.81. The first kappa shape index (κ1) is 15.4. The third-order valence-corrected chi connectivity index (χ3v) is 2.22. The van der Waals surface area contributed by atoms with Crippen molar-refractivity contribution >= 4 is 6.29 Å². The van der Waals surface area contributed by atoms with Crippen molar-refractivity contribution < 1.29 is 14.3 Å².